The number of rotatable bonds is 5. The van der Waals surface area contributed by atoms with Crippen molar-refractivity contribution in [2.75, 3.05) is 12.4 Å². The molecule has 0 radical (unpaired) electrons. The third kappa shape index (κ3) is 3.82. The molecule has 0 spiro atoms. The van der Waals surface area contributed by atoms with Crippen molar-refractivity contribution in [1.82, 2.24) is 5.32 Å². The molecule has 0 saturated heterocycles. The Bertz CT molecular complexity index is 699. The minimum atomic E-state index is -0.880. The second kappa shape index (κ2) is 7.29. The Morgan fingerprint density at radius 3 is 2.25 bits per heavy atom. The molecule has 0 aliphatic rings. The molecule has 2 aromatic rings. The Hall–Kier alpha value is -2.63. The van der Waals surface area contributed by atoms with Crippen LogP contribution in [0.4, 0.5) is 19.3 Å². The summed E-state index contributed by atoms with van der Waals surface area (Å²) in [5, 5.41) is 5.30. The van der Waals surface area contributed by atoms with Crippen molar-refractivity contribution in [3.05, 3.63) is 59.7 Å². The lowest BCUT2D eigenvalue weighted by atomic mass is 9.89. The first-order valence-corrected chi connectivity index (χ1v) is 7.57. The molecule has 0 bridgehead atoms. The van der Waals surface area contributed by atoms with Gasteiger partial charge in [-0.25, -0.2) is 13.6 Å². The summed E-state index contributed by atoms with van der Waals surface area (Å²) in [4.78, 5) is 12.2. The highest BCUT2D eigenvalue weighted by molar-refractivity contribution is 5.90. The molecule has 2 amide bonds. The molecule has 0 aliphatic heterocycles. The van der Waals surface area contributed by atoms with Crippen LogP contribution in [0.15, 0.2) is 42.5 Å². The summed E-state index contributed by atoms with van der Waals surface area (Å²) in [5.41, 5.74) is 0.346. The molecular weight excluding hydrogens is 314 g/mol. The maximum Gasteiger partial charge on any atom is 0.319 e. The van der Waals surface area contributed by atoms with Gasteiger partial charge in [-0.3, -0.25) is 0 Å². The standard InChI is InChI=1S/C18H20F2N2O2/c1-4-18(2,12-8-6-5-7-9-12)22-17(23)21-13-10-14(19)16(24-3)15(20)11-13/h5-11H,4H2,1-3H3,(H2,21,22,23). The van der Waals surface area contributed by atoms with Gasteiger partial charge in [0.1, 0.15) is 0 Å². The predicted octanol–water partition coefficient (Wildman–Crippen LogP) is 4.42. The zero-order valence-electron chi connectivity index (χ0n) is 13.8. The predicted molar refractivity (Wildman–Crippen MR) is 89.1 cm³/mol. The summed E-state index contributed by atoms with van der Waals surface area (Å²) in [5.74, 6) is -2.24. The summed E-state index contributed by atoms with van der Waals surface area (Å²) >= 11 is 0. The Kier molecular flexibility index (Phi) is 5.39. The van der Waals surface area contributed by atoms with Crippen molar-refractivity contribution in [1.29, 1.82) is 0 Å². The van der Waals surface area contributed by atoms with Crippen LogP contribution in [0.2, 0.25) is 0 Å². The van der Waals surface area contributed by atoms with Crippen molar-refractivity contribution in [2.24, 2.45) is 0 Å². The van der Waals surface area contributed by atoms with E-state index in [1.165, 1.54) is 7.11 Å². The second-order valence-corrected chi connectivity index (χ2v) is 5.60. The molecule has 1 unspecified atom stereocenters. The number of methoxy groups -OCH3 is 1. The molecule has 1 atom stereocenters. The summed E-state index contributed by atoms with van der Waals surface area (Å²) in [6.45, 7) is 3.83. The lowest BCUT2D eigenvalue weighted by Crippen LogP contribution is -2.45. The normalized spacial score (nSPS) is 13.0. The molecule has 6 heteroatoms. The number of ether oxygens (including phenoxy) is 1. The molecule has 24 heavy (non-hydrogen) atoms. The van der Waals surface area contributed by atoms with E-state index in [0.29, 0.717) is 6.42 Å². The maximum absolute atomic E-state index is 13.7. The number of carbonyl (C=O) groups is 1. The molecule has 0 aliphatic carbocycles. The van der Waals surface area contributed by atoms with Crippen molar-refractivity contribution >= 4 is 11.7 Å². The van der Waals surface area contributed by atoms with Crippen LogP contribution in [-0.2, 0) is 5.54 Å². The van der Waals surface area contributed by atoms with E-state index >= 15 is 0 Å². The van der Waals surface area contributed by atoms with Crippen LogP contribution >= 0.6 is 0 Å². The lowest BCUT2D eigenvalue weighted by molar-refractivity contribution is 0.238. The van der Waals surface area contributed by atoms with E-state index in [-0.39, 0.29) is 5.69 Å². The van der Waals surface area contributed by atoms with Crippen LogP contribution in [0.5, 0.6) is 5.75 Å². The number of carbonyl (C=O) groups excluding carboxylic acids is 1. The number of hydrogen-bond acceptors (Lipinski definition) is 2. The molecule has 4 nitrogen and oxygen atoms in total. The van der Waals surface area contributed by atoms with Gasteiger partial charge < -0.3 is 15.4 Å². The van der Waals surface area contributed by atoms with Crippen molar-refractivity contribution in [3.63, 3.8) is 0 Å². The molecule has 2 aromatic carbocycles. The topological polar surface area (TPSA) is 50.4 Å². The van der Waals surface area contributed by atoms with E-state index in [4.69, 9.17) is 0 Å². The van der Waals surface area contributed by atoms with Crippen LogP contribution in [-0.4, -0.2) is 13.1 Å². The minimum absolute atomic E-state index is 0.00909. The smallest absolute Gasteiger partial charge is 0.319 e. The van der Waals surface area contributed by atoms with Gasteiger partial charge in [-0.15, -0.1) is 0 Å². The zero-order valence-corrected chi connectivity index (χ0v) is 13.8. The van der Waals surface area contributed by atoms with E-state index in [1.54, 1.807) is 0 Å². The van der Waals surface area contributed by atoms with E-state index in [0.717, 1.165) is 17.7 Å². The highest BCUT2D eigenvalue weighted by Gasteiger charge is 2.26. The Balaban J connectivity index is 2.15. The first-order valence-electron chi connectivity index (χ1n) is 7.57. The average molecular weight is 334 g/mol. The largest absolute Gasteiger partial charge is 0.491 e. The molecule has 0 saturated carbocycles. The van der Waals surface area contributed by atoms with Gasteiger partial charge in [-0.1, -0.05) is 37.3 Å². The third-order valence-corrected chi connectivity index (χ3v) is 3.97. The number of hydrogen-bond donors (Lipinski definition) is 2. The van der Waals surface area contributed by atoms with Gasteiger partial charge >= 0.3 is 6.03 Å². The molecule has 128 valence electrons. The fourth-order valence-electron chi connectivity index (χ4n) is 2.41. The summed E-state index contributed by atoms with van der Waals surface area (Å²) in [6, 6.07) is 11.0. The van der Waals surface area contributed by atoms with Crippen molar-refractivity contribution in [3.8, 4) is 5.75 Å². The van der Waals surface area contributed by atoms with Gasteiger partial charge in [0.2, 0.25) is 0 Å². The van der Waals surface area contributed by atoms with Gasteiger partial charge in [0, 0.05) is 17.8 Å². The van der Waals surface area contributed by atoms with E-state index in [2.05, 4.69) is 15.4 Å². The summed E-state index contributed by atoms with van der Waals surface area (Å²) in [6.07, 6.45) is 0.649. The fourth-order valence-corrected chi connectivity index (χ4v) is 2.41. The molecule has 0 fully saturated rings. The van der Waals surface area contributed by atoms with Crippen LogP contribution < -0.4 is 15.4 Å². The van der Waals surface area contributed by atoms with Crippen molar-refractivity contribution in [2.45, 2.75) is 25.8 Å². The van der Waals surface area contributed by atoms with Crippen LogP contribution in [0, 0.1) is 11.6 Å². The Labute approximate surface area is 139 Å². The molecule has 0 aromatic heterocycles. The Morgan fingerprint density at radius 2 is 1.75 bits per heavy atom. The molecular formula is C18H20F2N2O2. The van der Waals surface area contributed by atoms with Crippen LogP contribution in [0.1, 0.15) is 25.8 Å². The highest BCUT2D eigenvalue weighted by atomic mass is 19.1. The first kappa shape index (κ1) is 17.7. The summed E-state index contributed by atoms with van der Waals surface area (Å²) < 4.78 is 32.0. The van der Waals surface area contributed by atoms with E-state index in [9.17, 15) is 13.6 Å². The van der Waals surface area contributed by atoms with Gasteiger partial charge in [0.05, 0.1) is 12.6 Å². The monoisotopic (exact) mass is 334 g/mol. The number of nitrogens with one attached hydrogen (secondary N) is 2. The quantitative estimate of drug-likeness (QED) is 0.850. The molecule has 2 N–H and O–H groups in total. The lowest BCUT2D eigenvalue weighted by Gasteiger charge is -2.30. The zero-order chi connectivity index (χ0) is 17.7. The fraction of sp³-hybridized carbons (Fsp3) is 0.278. The number of amides is 2. The van der Waals surface area contributed by atoms with Gasteiger partial charge in [0.25, 0.3) is 0 Å². The second-order valence-electron chi connectivity index (χ2n) is 5.60. The molecule has 0 heterocycles. The van der Waals surface area contributed by atoms with E-state index < -0.39 is 29.0 Å². The first-order chi connectivity index (χ1) is 11.4. The average Bonchev–Trinajstić information content (AvgIpc) is 2.55. The SMILES string of the molecule is CCC(C)(NC(=O)Nc1cc(F)c(OC)c(F)c1)c1ccccc1. The van der Waals surface area contributed by atoms with Gasteiger partial charge in [-0.2, -0.15) is 0 Å². The molecule has 2 rings (SSSR count). The summed E-state index contributed by atoms with van der Waals surface area (Å²) in [7, 11) is 1.17. The minimum Gasteiger partial charge on any atom is -0.491 e. The maximum atomic E-state index is 13.7. The van der Waals surface area contributed by atoms with E-state index in [1.807, 2.05) is 44.2 Å². The van der Waals surface area contributed by atoms with Gasteiger partial charge in [0.15, 0.2) is 17.4 Å². The van der Waals surface area contributed by atoms with Crippen LogP contribution in [0.25, 0.3) is 0 Å². The van der Waals surface area contributed by atoms with Crippen molar-refractivity contribution < 1.29 is 18.3 Å². The number of urea groups is 1. The number of halogens is 2. The number of benzene rings is 2. The third-order valence-electron chi connectivity index (χ3n) is 3.97. The highest BCUT2D eigenvalue weighted by Crippen LogP contribution is 2.27. The van der Waals surface area contributed by atoms with Crippen LogP contribution in [0.3, 0.4) is 0 Å². The van der Waals surface area contributed by atoms with Gasteiger partial charge in [-0.05, 0) is 18.9 Å². The number of anilines is 1. The Morgan fingerprint density at radius 1 is 1.17 bits per heavy atom.